The molecular weight excluding hydrogens is 144 g/mol. The van der Waals surface area contributed by atoms with E-state index >= 15 is 0 Å². The smallest absolute Gasteiger partial charge is 0.0327 e. The summed E-state index contributed by atoms with van der Waals surface area (Å²) in [6.07, 6.45) is 3.84. The Kier molecular flexibility index (Phi) is 5.61. The average Bonchev–Trinajstić information content (AvgIpc) is 1.84. The normalized spacial score (nSPS) is 17.0. The van der Waals surface area contributed by atoms with Gasteiger partial charge in [0.25, 0.3) is 0 Å². The first kappa shape index (κ1) is 12.0. The molecule has 0 saturated carbocycles. The van der Waals surface area contributed by atoms with Crippen molar-refractivity contribution < 1.29 is 0 Å². The Morgan fingerprint density at radius 1 is 0.917 bits per heavy atom. The van der Waals surface area contributed by atoms with E-state index in [1.54, 1.807) is 0 Å². The van der Waals surface area contributed by atoms with Crippen molar-refractivity contribution in [2.75, 3.05) is 0 Å². The van der Waals surface area contributed by atoms with Gasteiger partial charge in [0, 0.05) is 0 Å². The Balaban J connectivity index is 3.61. The van der Waals surface area contributed by atoms with Crippen LogP contribution >= 0.6 is 0 Å². The van der Waals surface area contributed by atoms with Gasteiger partial charge >= 0.3 is 0 Å². The summed E-state index contributed by atoms with van der Waals surface area (Å²) >= 11 is 0. The van der Waals surface area contributed by atoms with Crippen LogP contribution in [-0.2, 0) is 0 Å². The molecule has 0 saturated heterocycles. The molecule has 2 unspecified atom stereocenters. The Morgan fingerprint density at radius 3 is 1.75 bits per heavy atom. The highest BCUT2D eigenvalue weighted by Crippen LogP contribution is 2.22. The maximum Gasteiger partial charge on any atom is -0.0327 e. The first-order valence-corrected chi connectivity index (χ1v) is 5.28. The Labute approximate surface area is 78.8 Å². The van der Waals surface area contributed by atoms with Gasteiger partial charge in [-0.25, -0.2) is 0 Å². The third-order valence-corrected chi connectivity index (χ3v) is 2.53. The summed E-state index contributed by atoms with van der Waals surface area (Å²) in [6.45, 7) is 13.8. The fraction of sp³-hybridized carbons (Fsp3) is 0.917. The van der Waals surface area contributed by atoms with Crippen LogP contribution in [-0.4, -0.2) is 0 Å². The largest absolute Gasteiger partial charge is 0.0628 e. The minimum Gasteiger partial charge on any atom is -0.0628 e. The van der Waals surface area contributed by atoms with Crippen LogP contribution in [0.5, 0.6) is 0 Å². The molecule has 12 heavy (non-hydrogen) atoms. The highest BCUT2D eigenvalue weighted by molar-refractivity contribution is 4.80. The molecule has 0 heteroatoms. The summed E-state index contributed by atoms with van der Waals surface area (Å²) in [5.74, 6) is 3.16. The molecule has 0 amide bonds. The maximum absolute atomic E-state index is 2.50. The van der Waals surface area contributed by atoms with Crippen molar-refractivity contribution in [3.05, 3.63) is 6.42 Å². The zero-order chi connectivity index (χ0) is 9.72. The van der Waals surface area contributed by atoms with Crippen LogP contribution in [0.25, 0.3) is 0 Å². The van der Waals surface area contributed by atoms with E-state index in [-0.39, 0.29) is 0 Å². The van der Waals surface area contributed by atoms with E-state index in [4.69, 9.17) is 0 Å². The highest BCUT2D eigenvalue weighted by Gasteiger charge is 2.13. The molecule has 0 aromatic rings. The number of rotatable bonds is 5. The minimum atomic E-state index is 0.763. The van der Waals surface area contributed by atoms with E-state index in [0.717, 1.165) is 23.7 Å². The lowest BCUT2D eigenvalue weighted by Gasteiger charge is -2.21. The van der Waals surface area contributed by atoms with Crippen LogP contribution < -0.4 is 0 Å². The molecule has 0 aromatic carbocycles. The molecule has 0 spiro atoms. The second kappa shape index (κ2) is 5.61. The summed E-state index contributed by atoms with van der Waals surface area (Å²) < 4.78 is 0. The molecule has 0 N–H and O–H groups in total. The standard InChI is InChI=1S/C12H25/c1-9(2)7-11(5)8-12(6)10(3)4/h8-12H,7H2,1-6H3. The van der Waals surface area contributed by atoms with Gasteiger partial charge in [0.05, 0.1) is 0 Å². The molecule has 0 aliphatic heterocycles. The zero-order valence-electron chi connectivity index (χ0n) is 9.59. The summed E-state index contributed by atoms with van der Waals surface area (Å²) in [4.78, 5) is 0. The van der Waals surface area contributed by atoms with Crippen molar-refractivity contribution >= 4 is 0 Å². The second-order valence-electron chi connectivity index (χ2n) is 4.90. The van der Waals surface area contributed by atoms with Crippen molar-refractivity contribution in [1.29, 1.82) is 0 Å². The van der Waals surface area contributed by atoms with Gasteiger partial charge in [0.2, 0.25) is 0 Å². The van der Waals surface area contributed by atoms with Crippen LogP contribution in [0.4, 0.5) is 0 Å². The molecule has 0 aliphatic carbocycles. The first-order valence-electron chi connectivity index (χ1n) is 5.28. The Morgan fingerprint density at radius 2 is 1.42 bits per heavy atom. The predicted molar refractivity (Wildman–Crippen MR) is 56.9 cm³/mol. The third kappa shape index (κ3) is 5.62. The van der Waals surface area contributed by atoms with Crippen molar-refractivity contribution in [3.8, 4) is 0 Å². The lowest BCUT2D eigenvalue weighted by Crippen LogP contribution is -2.11. The SMILES string of the molecule is CC(C)CC(C)[CH]C(C)C(C)C. The quantitative estimate of drug-likeness (QED) is 0.579. The molecule has 2 atom stereocenters. The van der Waals surface area contributed by atoms with Crippen molar-refractivity contribution in [2.24, 2.45) is 23.7 Å². The zero-order valence-corrected chi connectivity index (χ0v) is 9.59. The molecule has 0 bridgehead atoms. The summed E-state index contributed by atoms with van der Waals surface area (Å²) in [5.41, 5.74) is 0. The minimum absolute atomic E-state index is 0.763. The molecule has 0 nitrogen and oxygen atoms in total. The van der Waals surface area contributed by atoms with Gasteiger partial charge in [-0.1, -0.05) is 41.5 Å². The van der Waals surface area contributed by atoms with E-state index < -0.39 is 0 Å². The maximum atomic E-state index is 2.50. The van der Waals surface area contributed by atoms with Crippen molar-refractivity contribution in [2.45, 2.75) is 48.0 Å². The van der Waals surface area contributed by atoms with Crippen LogP contribution in [0, 0.1) is 30.1 Å². The van der Waals surface area contributed by atoms with E-state index in [9.17, 15) is 0 Å². The van der Waals surface area contributed by atoms with Crippen LogP contribution in [0.15, 0.2) is 0 Å². The molecular formula is C12H25. The number of hydrogen-bond acceptors (Lipinski definition) is 0. The molecule has 73 valence electrons. The van der Waals surface area contributed by atoms with Gasteiger partial charge in [-0.2, -0.15) is 0 Å². The van der Waals surface area contributed by atoms with E-state index in [1.165, 1.54) is 6.42 Å². The molecule has 0 aromatic heterocycles. The molecule has 0 rings (SSSR count). The average molecular weight is 169 g/mol. The monoisotopic (exact) mass is 169 g/mol. The number of hydrogen-bond donors (Lipinski definition) is 0. The summed E-state index contributed by atoms with van der Waals surface area (Å²) in [5, 5.41) is 0. The first-order chi connectivity index (χ1) is 5.43. The van der Waals surface area contributed by atoms with Gasteiger partial charge in [-0.15, -0.1) is 0 Å². The van der Waals surface area contributed by atoms with Gasteiger partial charge in [0.15, 0.2) is 0 Å². The second-order valence-corrected chi connectivity index (χ2v) is 4.90. The Hall–Kier alpha value is 0. The van der Waals surface area contributed by atoms with Gasteiger partial charge < -0.3 is 0 Å². The van der Waals surface area contributed by atoms with E-state index in [0.29, 0.717) is 0 Å². The summed E-state index contributed by atoms with van der Waals surface area (Å²) in [6, 6.07) is 0. The molecule has 0 fully saturated rings. The molecule has 0 aliphatic rings. The van der Waals surface area contributed by atoms with E-state index in [1.807, 2.05) is 0 Å². The molecule has 0 heterocycles. The van der Waals surface area contributed by atoms with Crippen LogP contribution in [0.1, 0.15) is 48.0 Å². The van der Waals surface area contributed by atoms with Gasteiger partial charge in [0.1, 0.15) is 0 Å². The summed E-state index contributed by atoms with van der Waals surface area (Å²) in [7, 11) is 0. The Bertz CT molecular complexity index is 103. The van der Waals surface area contributed by atoms with Gasteiger partial charge in [-0.3, -0.25) is 0 Å². The van der Waals surface area contributed by atoms with Crippen LogP contribution in [0.2, 0.25) is 0 Å². The van der Waals surface area contributed by atoms with Crippen molar-refractivity contribution in [3.63, 3.8) is 0 Å². The lowest BCUT2D eigenvalue weighted by molar-refractivity contribution is 0.389. The topological polar surface area (TPSA) is 0 Å². The fourth-order valence-corrected chi connectivity index (χ4v) is 1.56. The van der Waals surface area contributed by atoms with Crippen LogP contribution in [0.3, 0.4) is 0 Å². The predicted octanol–water partition coefficient (Wildman–Crippen LogP) is 4.16. The molecule has 1 radical (unpaired) electrons. The fourth-order valence-electron chi connectivity index (χ4n) is 1.56. The van der Waals surface area contributed by atoms with E-state index in [2.05, 4.69) is 48.0 Å². The highest BCUT2D eigenvalue weighted by atomic mass is 14.2. The third-order valence-electron chi connectivity index (χ3n) is 2.53. The van der Waals surface area contributed by atoms with Crippen molar-refractivity contribution in [1.82, 2.24) is 0 Å². The van der Waals surface area contributed by atoms with Gasteiger partial charge in [-0.05, 0) is 36.5 Å². The lowest BCUT2D eigenvalue weighted by atomic mass is 9.85.